The van der Waals surface area contributed by atoms with Crippen molar-refractivity contribution in [3.05, 3.63) is 94.2 Å². The van der Waals surface area contributed by atoms with E-state index >= 15 is 0 Å². The molecule has 7 nitrogen and oxygen atoms in total. The monoisotopic (exact) mass is 593 g/mol. The third-order valence-electron chi connectivity index (χ3n) is 5.77. The number of sulfonamides is 1. The molecule has 0 unspecified atom stereocenters. The van der Waals surface area contributed by atoms with Crippen molar-refractivity contribution in [1.29, 1.82) is 0 Å². The number of amides is 2. The first-order valence-electron chi connectivity index (χ1n) is 12.1. The van der Waals surface area contributed by atoms with E-state index in [0.29, 0.717) is 0 Å². The second kappa shape index (κ2) is 12.4. The van der Waals surface area contributed by atoms with Gasteiger partial charge in [-0.05, 0) is 64.1 Å². The Labute approximate surface area is 238 Å². The highest BCUT2D eigenvalue weighted by atomic mass is 35.5. The Balaban J connectivity index is 2.06. The molecule has 0 saturated carbocycles. The zero-order valence-corrected chi connectivity index (χ0v) is 24.3. The number of carbonyl (C=O) groups is 2. The summed E-state index contributed by atoms with van der Waals surface area (Å²) in [6.07, 6.45) is 0. The van der Waals surface area contributed by atoms with Crippen molar-refractivity contribution < 1.29 is 22.4 Å². The lowest BCUT2D eigenvalue weighted by molar-refractivity contribution is -0.140. The highest BCUT2D eigenvalue weighted by Crippen LogP contribution is 2.31. The van der Waals surface area contributed by atoms with Gasteiger partial charge in [0.15, 0.2) is 0 Å². The molecule has 3 aromatic rings. The van der Waals surface area contributed by atoms with E-state index in [0.717, 1.165) is 9.21 Å². The van der Waals surface area contributed by atoms with Gasteiger partial charge in [0.05, 0.1) is 20.6 Å². The van der Waals surface area contributed by atoms with E-state index in [2.05, 4.69) is 5.32 Å². The normalized spacial score (nSPS) is 12.5. The van der Waals surface area contributed by atoms with E-state index in [1.54, 1.807) is 45.0 Å². The maximum Gasteiger partial charge on any atom is 0.264 e. The Morgan fingerprint density at radius 2 is 1.56 bits per heavy atom. The average Bonchev–Trinajstić information content (AvgIpc) is 2.87. The second-order valence-electron chi connectivity index (χ2n) is 9.95. The summed E-state index contributed by atoms with van der Waals surface area (Å²) >= 11 is 12.2. The predicted octanol–water partition coefficient (Wildman–Crippen LogP) is 5.66. The zero-order valence-electron chi connectivity index (χ0n) is 22.0. The molecule has 208 valence electrons. The second-order valence-corrected chi connectivity index (χ2v) is 12.6. The van der Waals surface area contributed by atoms with Crippen LogP contribution in [-0.4, -0.2) is 43.3 Å². The minimum absolute atomic E-state index is 0.0527. The first kappa shape index (κ1) is 30.4. The maximum absolute atomic E-state index is 14.6. The van der Waals surface area contributed by atoms with Crippen molar-refractivity contribution >= 4 is 50.7 Å². The minimum Gasteiger partial charge on any atom is -0.350 e. The number of rotatable bonds is 9. The van der Waals surface area contributed by atoms with Gasteiger partial charge in [-0.1, -0.05) is 59.6 Å². The Morgan fingerprint density at radius 1 is 0.949 bits per heavy atom. The molecule has 0 aliphatic carbocycles. The molecule has 11 heteroatoms. The summed E-state index contributed by atoms with van der Waals surface area (Å²) in [6, 6.07) is 16.6. The van der Waals surface area contributed by atoms with Crippen LogP contribution in [0.1, 0.15) is 33.3 Å². The van der Waals surface area contributed by atoms with Crippen LogP contribution in [0.25, 0.3) is 0 Å². The van der Waals surface area contributed by atoms with Gasteiger partial charge in [-0.25, -0.2) is 12.8 Å². The van der Waals surface area contributed by atoms with E-state index < -0.39 is 45.8 Å². The summed E-state index contributed by atoms with van der Waals surface area (Å²) in [6.45, 7) is 5.94. The number of carbonyl (C=O) groups excluding carboxylic acids is 2. The number of nitrogens with one attached hydrogen (secondary N) is 1. The van der Waals surface area contributed by atoms with Gasteiger partial charge in [-0.15, -0.1) is 0 Å². The molecular formula is C28H30Cl2FN3O4S. The average molecular weight is 595 g/mol. The van der Waals surface area contributed by atoms with Crippen LogP contribution in [0.3, 0.4) is 0 Å². The van der Waals surface area contributed by atoms with E-state index in [4.69, 9.17) is 23.2 Å². The molecule has 3 rings (SSSR count). The topological polar surface area (TPSA) is 86.8 Å². The largest absolute Gasteiger partial charge is 0.350 e. The fourth-order valence-corrected chi connectivity index (χ4v) is 5.47. The molecule has 0 saturated heterocycles. The van der Waals surface area contributed by atoms with E-state index in [-0.39, 0.29) is 32.7 Å². The maximum atomic E-state index is 14.6. The van der Waals surface area contributed by atoms with Gasteiger partial charge in [-0.2, -0.15) is 0 Å². The van der Waals surface area contributed by atoms with Crippen LogP contribution in [0.15, 0.2) is 77.7 Å². The Kier molecular flexibility index (Phi) is 9.64. The molecule has 3 aromatic carbocycles. The lowest BCUT2D eigenvalue weighted by Gasteiger charge is -2.33. The predicted molar refractivity (Wildman–Crippen MR) is 152 cm³/mol. The molecule has 0 aromatic heterocycles. The molecule has 0 bridgehead atoms. The summed E-state index contributed by atoms with van der Waals surface area (Å²) in [4.78, 5) is 28.0. The Hall–Kier alpha value is -3.14. The Bertz CT molecular complexity index is 1450. The van der Waals surface area contributed by atoms with Gasteiger partial charge in [0.1, 0.15) is 18.4 Å². The van der Waals surface area contributed by atoms with Crippen molar-refractivity contribution in [2.45, 2.75) is 50.7 Å². The first-order chi connectivity index (χ1) is 18.2. The van der Waals surface area contributed by atoms with Gasteiger partial charge in [0.2, 0.25) is 11.8 Å². The quantitative estimate of drug-likeness (QED) is 0.347. The van der Waals surface area contributed by atoms with Gasteiger partial charge < -0.3 is 10.2 Å². The lowest BCUT2D eigenvalue weighted by Crippen LogP contribution is -2.54. The number of nitrogens with zero attached hydrogens (tertiary/aromatic N) is 2. The highest BCUT2D eigenvalue weighted by Gasteiger charge is 2.33. The molecular weight excluding hydrogens is 564 g/mol. The summed E-state index contributed by atoms with van der Waals surface area (Å²) in [5.41, 5.74) is -0.326. The molecule has 1 atom stereocenters. The molecule has 0 fully saturated rings. The third kappa shape index (κ3) is 7.71. The van der Waals surface area contributed by atoms with Crippen LogP contribution in [-0.2, 0) is 26.2 Å². The molecule has 0 heterocycles. The summed E-state index contributed by atoms with van der Waals surface area (Å²) < 4.78 is 43.0. The molecule has 1 N–H and O–H groups in total. The number of hydrogen-bond donors (Lipinski definition) is 1. The van der Waals surface area contributed by atoms with Gasteiger partial charge in [0, 0.05) is 17.6 Å². The van der Waals surface area contributed by atoms with Crippen LogP contribution in [0.2, 0.25) is 10.0 Å². The standard InChI is InChI=1S/C28H30Cl2FN3O4S/c1-19(27(36)32-28(2,3)4)33(17-20-10-8-9-13-25(20)31)26(35)18-34(21-14-15-23(29)24(30)16-21)39(37,38)22-11-6-5-7-12-22/h5-16,19H,17-18H2,1-4H3,(H,32,36)/t19-/m1/s1. The van der Waals surface area contributed by atoms with Crippen molar-refractivity contribution in [3.63, 3.8) is 0 Å². The molecule has 2 amide bonds. The number of hydrogen-bond acceptors (Lipinski definition) is 4. The summed E-state index contributed by atoms with van der Waals surface area (Å²) in [5.74, 6) is -1.75. The van der Waals surface area contributed by atoms with E-state index in [1.165, 1.54) is 55.5 Å². The van der Waals surface area contributed by atoms with Crippen molar-refractivity contribution in [2.75, 3.05) is 10.8 Å². The Morgan fingerprint density at radius 3 is 2.15 bits per heavy atom. The van der Waals surface area contributed by atoms with E-state index in [1.807, 2.05) is 0 Å². The zero-order chi connectivity index (χ0) is 29.0. The smallest absolute Gasteiger partial charge is 0.264 e. The fourth-order valence-electron chi connectivity index (χ4n) is 3.76. The molecule has 0 radical (unpaired) electrons. The summed E-state index contributed by atoms with van der Waals surface area (Å²) in [5, 5.41) is 3.12. The lowest BCUT2D eigenvalue weighted by atomic mass is 10.1. The van der Waals surface area contributed by atoms with Crippen LogP contribution in [0.5, 0.6) is 0 Å². The van der Waals surface area contributed by atoms with E-state index in [9.17, 15) is 22.4 Å². The van der Waals surface area contributed by atoms with Crippen LogP contribution in [0, 0.1) is 5.82 Å². The number of benzene rings is 3. The molecule has 0 spiro atoms. The summed E-state index contributed by atoms with van der Waals surface area (Å²) in [7, 11) is -4.26. The SMILES string of the molecule is C[C@H](C(=O)NC(C)(C)C)N(Cc1ccccc1F)C(=O)CN(c1ccc(Cl)c(Cl)c1)S(=O)(=O)c1ccccc1. The van der Waals surface area contributed by atoms with Crippen LogP contribution in [0.4, 0.5) is 10.1 Å². The number of anilines is 1. The van der Waals surface area contributed by atoms with Crippen LogP contribution >= 0.6 is 23.2 Å². The minimum atomic E-state index is -4.26. The van der Waals surface area contributed by atoms with Crippen LogP contribution < -0.4 is 9.62 Å². The van der Waals surface area contributed by atoms with Crippen molar-refractivity contribution in [1.82, 2.24) is 10.2 Å². The van der Waals surface area contributed by atoms with Crippen molar-refractivity contribution in [3.8, 4) is 0 Å². The van der Waals surface area contributed by atoms with Gasteiger partial charge >= 0.3 is 0 Å². The number of halogens is 3. The highest BCUT2D eigenvalue weighted by molar-refractivity contribution is 7.92. The third-order valence-corrected chi connectivity index (χ3v) is 8.29. The molecule has 39 heavy (non-hydrogen) atoms. The molecule has 0 aliphatic heterocycles. The van der Waals surface area contributed by atoms with Gasteiger partial charge in [0.25, 0.3) is 10.0 Å². The first-order valence-corrected chi connectivity index (χ1v) is 14.3. The molecule has 0 aliphatic rings. The van der Waals surface area contributed by atoms with Crippen molar-refractivity contribution in [2.24, 2.45) is 0 Å². The fraction of sp³-hybridized carbons (Fsp3) is 0.286. The van der Waals surface area contributed by atoms with Gasteiger partial charge in [-0.3, -0.25) is 13.9 Å².